The maximum absolute atomic E-state index is 12.8. The van der Waals surface area contributed by atoms with Gasteiger partial charge in [0.15, 0.2) is 0 Å². The number of amides is 1. The average Bonchev–Trinajstić information content (AvgIpc) is 3.28. The van der Waals surface area contributed by atoms with E-state index >= 15 is 0 Å². The van der Waals surface area contributed by atoms with E-state index in [1.807, 2.05) is 24.3 Å². The normalized spacial score (nSPS) is 16.4. The Labute approximate surface area is 188 Å². The second-order valence-corrected chi connectivity index (χ2v) is 8.99. The first-order valence-corrected chi connectivity index (χ1v) is 10.8. The first kappa shape index (κ1) is 22.8. The van der Waals surface area contributed by atoms with E-state index in [-0.39, 0.29) is 22.1 Å². The number of furan rings is 1. The van der Waals surface area contributed by atoms with E-state index in [1.165, 1.54) is 11.6 Å². The van der Waals surface area contributed by atoms with Crippen LogP contribution in [0.4, 0.5) is 0 Å². The number of thiocarbonyl (C=S) groups is 1. The molecule has 0 bridgehead atoms. The predicted molar refractivity (Wildman–Crippen MR) is 122 cm³/mol. The summed E-state index contributed by atoms with van der Waals surface area (Å²) in [5.74, 6) is -1.52. The fraction of sp³-hybridized carbons (Fsp3) is 0.273. The molecule has 0 aliphatic carbocycles. The third-order valence-corrected chi connectivity index (χ3v) is 6.14. The predicted octanol–water partition coefficient (Wildman–Crippen LogP) is 4.59. The molecule has 162 valence electrons. The SMILES string of the molecule is CC(C)c1ccc(-c2ccc(/C=C3\SC(=S)N([C@@H](CCC(=O)O)C(=O)O)C3=O)o2)cc1. The summed E-state index contributed by atoms with van der Waals surface area (Å²) < 4.78 is 5.91. The highest BCUT2D eigenvalue weighted by atomic mass is 32.2. The number of carbonyl (C=O) groups is 3. The fourth-order valence-corrected chi connectivity index (χ4v) is 4.46. The van der Waals surface area contributed by atoms with E-state index in [2.05, 4.69) is 13.8 Å². The quantitative estimate of drug-likeness (QED) is 0.436. The van der Waals surface area contributed by atoms with Crippen molar-refractivity contribution in [1.29, 1.82) is 0 Å². The molecular formula is C22H21NO6S2. The van der Waals surface area contributed by atoms with E-state index in [9.17, 15) is 19.5 Å². The molecule has 1 aliphatic heterocycles. The lowest BCUT2D eigenvalue weighted by Gasteiger charge is -2.22. The summed E-state index contributed by atoms with van der Waals surface area (Å²) in [6.45, 7) is 4.24. The van der Waals surface area contributed by atoms with Crippen molar-refractivity contribution < 1.29 is 29.0 Å². The van der Waals surface area contributed by atoms with Gasteiger partial charge in [-0.1, -0.05) is 62.1 Å². The Morgan fingerprint density at radius 1 is 1.16 bits per heavy atom. The molecule has 9 heteroatoms. The van der Waals surface area contributed by atoms with Gasteiger partial charge in [0, 0.05) is 18.1 Å². The molecule has 1 saturated heterocycles. The molecule has 1 fully saturated rings. The van der Waals surface area contributed by atoms with E-state index in [0.29, 0.717) is 17.4 Å². The summed E-state index contributed by atoms with van der Waals surface area (Å²) in [7, 11) is 0. The minimum atomic E-state index is -1.33. The van der Waals surface area contributed by atoms with Crippen LogP contribution < -0.4 is 0 Å². The van der Waals surface area contributed by atoms with E-state index in [0.717, 1.165) is 22.2 Å². The number of benzene rings is 1. The standard InChI is InChI=1S/C22H21NO6S2/c1-12(2)13-3-5-14(6-4-13)17-9-7-15(29-17)11-18-20(26)23(22(30)31-18)16(21(27)28)8-10-19(24)25/h3-7,9,11-12,16H,8,10H2,1-2H3,(H,24,25)(H,27,28)/b18-11-/t16-/m0/s1. The molecule has 0 spiro atoms. The van der Waals surface area contributed by atoms with Crippen molar-refractivity contribution in [3.8, 4) is 11.3 Å². The van der Waals surface area contributed by atoms with Crippen LogP contribution in [0.3, 0.4) is 0 Å². The molecule has 1 aliphatic rings. The molecule has 1 aromatic heterocycles. The summed E-state index contributed by atoms with van der Waals surface area (Å²) in [4.78, 5) is 36.4. The van der Waals surface area contributed by atoms with Gasteiger partial charge in [0.2, 0.25) is 0 Å². The van der Waals surface area contributed by atoms with Gasteiger partial charge in [-0.3, -0.25) is 14.5 Å². The van der Waals surface area contributed by atoms with E-state index < -0.39 is 23.9 Å². The van der Waals surface area contributed by atoms with Gasteiger partial charge in [-0.2, -0.15) is 0 Å². The molecule has 0 radical (unpaired) electrons. The van der Waals surface area contributed by atoms with Gasteiger partial charge < -0.3 is 14.6 Å². The van der Waals surface area contributed by atoms with Crippen LogP contribution in [0.15, 0.2) is 45.7 Å². The van der Waals surface area contributed by atoms with Gasteiger partial charge in [0.1, 0.15) is 21.9 Å². The highest BCUT2D eigenvalue weighted by molar-refractivity contribution is 8.26. The van der Waals surface area contributed by atoms with Gasteiger partial charge in [-0.15, -0.1) is 0 Å². The van der Waals surface area contributed by atoms with Gasteiger partial charge >= 0.3 is 11.9 Å². The Kier molecular flexibility index (Phi) is 6.97. The van der Waals surface area contributed by atoms with Crippen LogP contribution in [0.1, 0.15) is 43.9 Å². The van der Waals surface area contributed by atoms with E-state index in [4.69, 9.17) is 21.7 Å². The third kappa shape index (κ3) is 5.23. The van der Waals surface area contributed by atoms with Crippen LogP contribution in [0.5, 0.6) is 0 Å². The monoisotopic (exact) mass is 459 g/mol. The first-order chi connectivity index (χ1) is 14.7. The number of nitrogens with zero attached hydrogens (tertiary/aromatic N) is 1. The van der Waals surface area contributed by atoms with Gasteiger partial charge in [-0.25, -0.2) is 4.79 Å². The minimum Gasteiger partial charge on any atom is -0.481 e. The topological polar surface area (TPSA) is 108 Å². The summed E-state index contributed by atoms with van der Waals surface area (Å²) >= 11 is 6.15. The number of rotatable bonds is 8. The molecule has 1 amide bonds. The molecular weight excluding hydrogens is 438 g/mol. The number of carboxylic acids is 2. The highest BCUT2D eigenvalue weighted by Crippen LogP contribution is 2.35. The Morgan fingerprint density at radius 2 is 1.84 bits per heavy atom. The third-order valence-electron chi connectivity index (χ3n) is 4.81. The Balaban J connectivity index is 1.80. The van der Waals surface area contributed by atoms with Crippen LogP contribution in [-0.2, 0) is 14.4 Å². The van der Waals surface area contributed by atoms with Crippen molar-refractivity contribution in [2.75, 3.05) is 0 Å². The molecule has 2 aromatic rings. The maximum atomic E-state index is 12.8. The van der Waals surface area contributed by atoms with Crippen molar-refractivity contribution in [3.05, 3.63) is 52.6 Å². The maximum Gasteiger partial charge on any atom is 0.326 e. The zero-order valence-corrected chi connectivity index (χ0v) is 18.5. The number of hydrogen-bond acceptors (Lipinski definition) is 6. The fourth-order valence-electron chi connectivity index (χ4n) is 3.12. The number of thioether (sulfide) groups is 1. The molecule has 7 nitrogen and oxygen atoms in total. The lowest BCUT2D eigenvalue weighted by Crippen LogP contribution is -2.44. The zero-order valence-electron chi connectivity index (χ0n) is 16.9. The minimum absolute atomic E-state index is 0.0742. The van der Waals surface area contributed by atoms with Crippen LogP contribution >= 0.6 is 24.0 Å². The van der Waals surface area contributed by atoms with Crippen molar-refractivity contribution >= 4 is 52.2 Å². The number of carbonyl (C=O) groups excluding carboxylic acids is 1. The first-order valence-electron chi connectivity index (χ1n) is 9.59. The molecule has 2 heterocycles. The smallest absolute Gasteiger partial charge is 0.326 e. The Hall–Kier alpha value is -2.91. The second kappa shape index (κ2) is 9.49. The van der Waals surface area contributed by atoms with Crippen molar-refractivity contribution in [1.82, 2.24) is 4.90 Å². The van der Waals surface area contributed by atoms with Gasteiger partial charge in [0.25, 0.3) is 5.91 Å². The Bertz CT molecular complexity index is 1050. The molecule has 1 aromatic carbocycles. The van der Waals surface area contributed by atoms with Gasteiger partial charge in [-0.05, 0) is 30.0 Å². The molecule has 1 atom stereocenters. The number of carboxylic acid groups (broad SMARTS) is 2. The number of aliphatic carboxylic acids is 2. The van der Waals surface area contributed by atoms with Crippen molar-refractivity contribution in [3.63, 3.8) is 0 Å². The Morgan fingerprint density at radius 3 is 2.42 bits per heavy atom. The lowest BCUT2D eigenvalue weighted by molar-refractivity contribution is -0.146. The van der Waals surface area contributed by atoms with Crippen LogP contribution in [0.25, 0.3) is 17.4 Å². The average molecular weight is 460 g/mol. The second-order valence-electron chi connectivity index (χ2n) is 7.32. The lowest BCUT2D eigenvalue weighted by atomic mass is 10.0. The van der Waals surface area contributed by atoms with Crippen LogP contribution in [0.2, 0.25) is 0 Å². The largest absolute Gasteiger partial charge is 0.481 e. The summed E-state index contributed by atoms with van der Waals surface area (Å²) in [5, 5.41) is 18.3. The molecule has 31 heavy (non-hydrogen) atoms. The number of hydrogen-bond donors (Lipinski definition) is 2. The highest BCUT2D eigenvalue weighted by Gasteiger charge is 2.40. The summed E-state index contributed by atoms with van der Waals surface area (Å²) in [5.41, 5.74) is 2.12. The van der Waals surface area contributed by atoms with Crippen LogP contribution in [0, 0.1) is 0 Å². The summed E-state index contributed by atoms with van der Waals surface area (Å²) in [6.07, 6.45) is 0.896. The molecule has 2 N–H and O–H groups in total. The van der Waals surface area contributed by atoms with Crippen molar-refractivity contribution in [2.45, 2.75) is 38.6 Å². The van der Waals surface area contributed by atoms with Gasteiger partial charge in [0.05, 0.1) is 4.91 Å². The summed E-state index contributed by atoms with van der Waals surface area (Å²) in [6, 6.07) is 10.2. The van der Waals surface area contributed by atoms with Crippen molar-refractivity contribution in [2.24, 2.45) is 0 Å². The molecule has 0 unspecified atom stereocenters. The van der Waals surface area contributed by atoms with Crippen LogP contribution in [-0.4, -0.2) is 43.3 Å². The molecule has 3 rings (SSSR count). The zero-order chi connectivity index (χ0) is 22.7. The van der Waals surface area contributed by atoms with E-state index in [1.54, 1.807) is 12.1 Å². The molecule has 0 saturated carbocycles.